The van der Waals surface area contributed by atoms with Crippen molar-refractivity contribution in [3.05, 3.63) is 71.9 Å². The SMILES string of the molecule is O=C(c1cc(-c2ccc(F)cc2)n[nH]1)N(Cc1cccnc1)CC1CCCO1. The average molecular weight is 380 g/mol. The quantitative estimate of drug-likeness (QED) is 0.711. The number of carbonyl (C=O) groups excluding carboxylic acids is 1. The summed E-state index contributed by atoms with van der Waals surface area (Å²) < 4.78 is 18.9. The van der Waals surface area contributed by atoms with E-state index in [1.165, 1.54) is 12.1 Å². The molecule has 1 amide bonds. The van der Waals surface area contributed by atoms with Crippen LogP contribution in [0.5, 0.6) is 0 Å². The summed E-state index contributed by atoms with van der Waals surface area (Å²) in [7, 11) is 0. The third kappa shape index (κ3) is 4.26. The standard InChI is InChI=1S/C21H21FN4O2/c22-17-7-5-16(6-8-17)19-11-20(25-24-19)21(27)26(14-18-4-2-10-28-18)13-15-3-1-9-23-12-15/h1,3,5-9,11-12,18H,2,4,10,13-14H2,(H,24,25). The van der Waals surface area contributed by atoms with Crippen LogP contribution in [-0.4, -0.2) is 45.2 Å². The van der Waals surface area contributed by atoms with Crippen molar-refractivity contribution in [2.45, 2.75) is 25.5 Å². The molecule has 0 bridgehead atoms. The van der Waals surface area contributed by atoms with Crippen molar-refractivity contribution in [2.24, 2.45) is 0 Å². The Bertz CT molecular complexity index is 921. The highest BCUT2D eigenvalue weighted by atomic mass is 19.1. The van der Waals surface area contributed by atoms with Crippen LogP contribution in [0.1, 0.15) is 28.9 Å². The highest BCUT2D eigenvalue weighted by molar-refractivity contribution is 5.93. The molecule has 4 rings (SSSR count). The maximum absolute atomic E-state index is 13.2. The van der Waals surface area contributed by atoms with Gasteiger partial charge in [0.2, 0.25) is 0 Å². The van der Waals surface area contributed by atoms with Gasteiger partial charge in [-0.1, -0.05) is 6.07 Å². The molecular formula is C21H21FN4O2. The van der Waals surface area contributed by atoms with Crippen LogP contribution < -0.4 is 0 Å². The van der Waals surface area contributed by atoms with Crippen LogP contribution in [0.25, 0.3) is 11.3 Å². The minimum atomic E-state index is -0.310. The van der Waals surface area contributed by atoms with Crippen LogP contribution in [0.3, 0.4) is 0 Å². The van der Waals surface area contributed by atoms with Crippen molar-refractivity contribution < 1.29 is 13.9 Å². The Morgan fingerprint density at radius 3 is 2.86 bits per heavy atom. The number of benzene rings is 1. The normalized spacial score (nSPS) is 16.2. The molecule has 1 aliphatic rings. The van der Waals surface area contributed by atoms with Gasteiger partial charge in [-0.2, -0.15) is 5.10 Å². The molecule has 6 nitrogen and oxygen atoms in total. The van der Waals surface area contributed by atoms with Crippen LogP contribution >= 0.6 is 0 Å². The van der Waals surface area contributed by atoms with Gasteiger partial charge in [0.25, 0.3) is 5.91 Å². The molecule has 1 atom stereocenters. The third-order valence-corrected chi connectivity index (χ3v) is 4.78. The van der Waals surface area contributed by atoms with Gasteiger partial charge in [-0.25, -0.2) is 4.39 Å². The number of carbonyl (C=O) groups is 1. The molecule has 0 aliphatic carbocycles. The van der Waals surface area contributed by atoms with E-state index in [0.29, 0.717) is 24.5 Å². The summed E-state index contributed by atoms with van der Waals surface area (Å²) in [4.78, 5) is 19.0. The lowest BCUT2D eigenvalue weighted by Gasteiger charge is -2.25. The lowest BCUT2D eigenvalue weighted by Crippen LogP contribution is -2.37. The van der Waals surface area contributed by atoms with Gasteiger partial charge in [-0.3, -0.25) is 14.9 Å². The van der Waals surface area contributed by atoms with E-state index in [9.17, 15) is 9.18 Å². The Hall–Kier alpha value is -3.06. The molecule has 3 aromatic rings. The number of nitrogens with zero attached hydrogens (tertiary/aromatic N) is 3. The molecule has 2 aromatic heterocycles. The smallest absolute Gasteiger partial charge is 0.272 e. The van der Waals surface area contributed by atoms with Crippen LogP contribution in [0, 0.1) is 5.82 Å². The van der Waals surface area contributed by atoms with Crippen molar-refractivity contribution in [3.8, 4) is 11.3 Å². The van der Waals surface area contributed by atoms with Crippen molar-refractivity contribution >= 4 is 5.91 Å². The predicted octanol–water partition coefficient (Wildman–Crippen LogP) is 3.43. The number of pyridine rings is 1. The molecular weight excluding hydrogens is 359 g/mol. The number of hydrogen-bond donors (Lipinski definition) is 1. The van der Waals surface area contributed by atoms with Crippen LogP contribution in [0.4, 0.5) is 4.39 Å². The van der Waals surface area contributed by atoms with Gasteiger partial charge in [0, 0.05) is 37.7 Å². The minimum absolute atomic E-state index is 0.0418. The first-order chi connectivity index (χ1) is 13.7. The van der Waals surface area contributed by atoms with E-state index in [-0.39, 0.29) is 17.8 Å². The van der Waals surface area contributed by atoms with Crippen molar-refractivity contribution in [2.75, 3.05) is 13.2 Å². The van der Waals surface area contributed by atoms with Gasteiger partial charge >= 0.3 is 0 Å². The number of amides is 1. The number of H-pyrrole nitrogens is 1. The van der Waals surface area contributed by atoms with E-state index in [4.69, 9.17) is 4.74 Å². The first-order valence-corrected chi connectivity index (χ1v) is 9.30. The largest absolute Gasteiger partial charge is 0.376 e. The number of ether oxygens (including phenoxy) is 1. The van der Waals surface area contributed by atoms with Gasteiger partial charge in [0.15, 0.2) is 0 Å². The molecule has 1 unspecified atom stereocenters. The predicted molar refractivity (Wildman–Crippen MR) is 102 cm³/mol. The summed E-state index contributed by atoms with van der Waals surface area (Å²) in [5.74, 6) is -0.463. The Morgan fingerprint density at radius 1 is 1.29 bits per heavy atom. The first-order valence-electron chi connectivity index (χ1n) is 9.30. The van der Waals surface area contributed by atoms with Crippen LogP contribution in [-0.2, 0) is 11.3 Å². The van der Waals surface area contributed by atoms with Crippen molar-refractivity contribution in [1.82, 2.24) is 20.1 Å². The summed E-state index contributed by atoms with van der Waals surface area (Å²) in [6, 6.07) is 11.5. The van der Waals surface area contributed by atoms with Crippen LogP contribution in [0.2, 0.25) is 0 Å². The second kappa shape index (κ2) is 8.31. The Morgan fingerprint density at radius 2 is 2.14 bits per heavy atom. The number of hydrogen-bond acceptors (Lipinski definition) is 4. The molecule has 1 saturated heterocycles. The van der Waals surface area contributed by atoms with E-state index in [0.717, 1.165) is 30.6 Å². The molecule has 3 heterocycles. The number of halogens is 1. The molecule has 1 fully saturated rings. The van der Waals surface area contributed by atoms with Gasteiger partial charge in [-0.05, 0) is 54.8 Å². The minimum Gasteiger partial charge on any atom is -0.376 e. The third-order valence-electron chi connectivity index (χ3n) is 4.78. The highest BCUT2D eigenvalue weighted by Gasteiger charge is 2.25. The number of rotatable bonds is 6. The second-order valence-electron chi connectivity index (χ2n) is 6.86. The molecule has 1 N–H and O–H groups in total. The van der Waals surface area contributed by atoms with E-state index < -0.39 is 0 Å². The zero-order chi connectivity index (χ0) is 19.3. The second-order valence-corrected chi connectivity index (χ2v) is 6.86. The van der Waals surface area contributed by atoms with E-state index >= 15 is 0 Å². The maximum atomic E-state index is 13.2. The number of aromatic nitrogens is 3. The molecule has 0 radical (unpaired) electrons. The summed E-state index contributed by atoms with van der Waals surface area (Å²) in [5.41, 5.74) is 2.68. The average Bonchev–Trinajstić information content (AvgIpc) is 3.40. The number of nitrogens with one attached hydrogen (secondary N) is 1. The van der Waals surface area contributed by atoms with Crippen molar-refractivity contribution in [3.63, 3.8) is 0 Å². The maximum Gasteiger partial charge on any atom is 0.272 e. The summed E-state index contributed by atoms with van der Waals surface area (Å²) in [6.45, 7) is 1.69. The lowest BCUT2D eigenvalue weighted by molar-refractivity contribution is 0.0502. The van der Waals surface area contributed by atoms with E-state index in [2.05, 4.69) is 15.2 Å². The van der Waals surface area contributed by atoms with Crippen molar-refractivity contribution in [1.29, 1.82) is 0 Å². The fourth-order valence-electron chi connectivity index (χ4n) is 3.34. The zero-order valence-corrected chi connectivity index (χ0v) is 15.3. The summed E-state index contributed by atoms with van der Waals surface area (Å²) in [5, 5.41) is 7.04. The van der Waals surface area contributed by atoms with Gasteiger partial charge in [0.05, 0.1) is 11.8 Å². The highest BCUT2D eigenvalue weighted by Crippen LogP contribution is 2.21. The summed E-state index contributed by atoms with van der Waals surface area (Å²) >= 11 is 0. The zero-order valence-electron chi connectivity index (χ0n) is 15.3. The van der Waals surface area contributed by atoms with E-state index in [1.54, 1.807) is 35.5 Å². The molecule has 7 heteroatoms. The Kier molecular flexibility index (Phi) is 5.43. The molecule has 0 saturated carbocycles. The lowest BCUT2D eigenvalue weighted by atomic mass is 10.1. The molecule has 0 spiro atoms. The Labute approximate surface area is 162 Å². The molecule has 1 aliphatic heterocycles. The summed E-state index contributed by atoms with van der Waals surface area (Å²) in [6.07, 6.45) is 5.46. The first kappa shape index (κ1) is 18.3. The Balaban J connectivity index is 1.54. The molecule has 1 aromatic carbocycles. The number of aromatic amines is 1. The van der Waals surface area contributed by atoms with Gasteiger partial charge in [-0.15, -0.1) is 0 Å². The van der Waals surface area contributed by atoms with Crippen LogP contribution in [0.15, 0.2) is 54.9 Å². The monoisotopic (exact) mass is 380 g/mol. The van der Waals surface area contributed by atoms with E-state index in [1.807, 2.05) is 12.1 Å². The fraction of sp³-hybridized carbons (Fsp3) is 0.286. The molecule has 28 heavy (non-hydrogen) atoms. The molecule has 144 valence electrons. The van der Waals surface area contributed by atoms with Gasteiger partial charge < -0.3 is 9.64 Å². The fourth-order valence-corrected chi connectivity index (χ4v) is 3.34. The topological polar surface area (TPSA) is 71.1 Å². The van der Waals surface area contributed by atoms with Gasteiger partial charge in [0.1, 0.15) is 11.5 Å².